The Morgan fingerprint density at radius 2 is 1.86 bits per heavy atom. The van der Waals surface area contributed by atoms with Crippen LogP contribution >= 0.6 is 0 Å². The van der Waals surface area contributed by atoms with Gasteiger partial charge in [-0.25, -0.2) is 12.7 Å². The molecule has 1 aromatic heterocycles. The average Bonchev–Trinajstić information content (AvgIpc) is 3.19. The Morgan fingerprint density at radius 1 is 1.20 bits per heavy atom. The van der Waals surface area contributed by atoms with E-state index in [2.05, 4.69) is 10.2 Å². The van der Waals surface area contributed by atoms with E-state index in [0.29, 0.717) is 31.0 Å². The molecule has 0 bridgehead atoms. The third-order valence-electron chi connectivity index (χ3n) is 6.81. The summed E-state index contributed by atoms with van der Waals surface area (Å²) in [4.78, 5) is 27.7. The van der Waals surface area contributed by atoms with Gasteiger partial charge >= 0.3 is 0 Å². The van der Waals surface area contributed by atoms with Crippen LogP contribution in [0.15, 0.2) is 30.5 Å². The van der Waals surface area contributed by atoms with Crippen LogP contribution in [0.25, 0.3) is 10.9 Å². The second kappa shape index (κ2) is 11.6. The molecule has 0 saturated carbocycles. The molecule has 35 heavy (non-hydrogen) atoms. The molecule has 1 fully saturated rings. The Morgan fingerprint density at radius 3 is 2.49 bits per heavy atom. The second-order valence-electron chi connectivity index (χ2n) is 9.86. The molecule has 3 rings (SSSR count). The first-order chi connectivity index (χ1) is 16.5. The summed E-state index contributed by atoms with van der Waals surface area (Å²) in [6.45, 7) is 6.90. The lowest BCUT2D eigenvalue weighted by atomic mass is 9.91. The van der Waals surface area contributed by atoms with Crippen molar-refractivity contribution >= 4 is 32.6 Å². The van der Waals surface area contributed by atoms with Crippen molar-refractivity contribution in [1.29, 1.82) is 0 Å². The van der Waals surface area contributed by atoms with Gasteiger partial charge in [-0.1, -0.05) is 18.2 Å². The number of carbonyl (C=O) groups is 2. The van der Waals surface area contributed by atoms with E-state index >= 15 is 0 Å². The zero-order valence-corrected chi connectivity index (χ0v) is 21.9. The Balaban J connectivity index is 1.43. The normalized spacial score (nSPS) is 16.8. The van der Waals surface area contributed by atoms with Gasteiger partial charge in [-0.2, -0.15) is 0 Å². The highest BCUT2D eigenvalue weighted by atomic mass is 32.2. The van der Waals surface area contributed by atoms with Crippen molar-refractivity contribution in [1.82, 2.24) is 19.1 Å². The lowest BCUT2D eigenvalue weighted by molar-refractivity contribution is -0.117. The monoisotopic (exact) mass is 506 g/mol. The van der Waals surface area contributed by atoms with E-state index in [1.54, 1.807) is 6.20 Å². The highest BCUT2D eigenvalue weighted by Gasteiger charge is 2.25. The lowest BCUT2D eigenvalue weighted by Gasteiger charge is -2.33. The molecule has 194 valence electrons. The van der Waals surface area contributed by atoms with E-state index in [1.165, 1.54) is 11.4 Å². The summed E-state index contributed by atoms with van der Waals surface area (Å²) in [5.74, 6) is -0.777. The summed E-state index contributed by atoms with van der Waals surface area (Å²) in [5, 5.41) is 13.8. The van der Waals surface area contributed by atoms with Crippen molar-refractivity contribution in [2.24, 2.45) is 5.92 Å². The number of amides is 1. The third-order valence-corrected chi connectivity index (χ3v) is 8.09. The topological polar surface area (TPSA) is 112 Å². The number of para-hydroxylation sites is 1. The Bertz CT molecular complexity index is 1140. The van der Waals surface area contributed by atoms with Crippen molar-refractivity contribution in [3.05, 3.63) is 36.0 Å². The maximum Gasteiger partial charge on any atom is 0.292 e. The Labute approximate surface area is 208 Å². The number of piperidine rings is 1. The Hall–Kier alpha value is -2.27. The molecule has 1 atom stereocenters. The summed E-state index contributed by atoms with van der Waals surface area (Å²) in [7, 11) is -1.82. The molecule has 2 aromatic rings. The number of hydrogen-bond acceptors (Lipinski definition) is 6. The van der Waals surface area contributed by atoms with Crippen molar-refractivity contribution in [2.75, 3.05) is 46.0 Å². The number of likely N-dealkylation sites (N-methyl/N-ethyl adjacent to an activating group) is 1. The standard InChI is InChI=1S/C25H38N4O5S/c1-18(2)29-17-22(21-7-5-6-8-23(21)29)24(31)25(32)26-11-14-28-12-9-19(10-13-28)15-20(30)16-27(3)35(4,33)34/h5-8,17-20,30H,9-16H2,1-4H3,(H,26,32). The number of hydrogen-bond donors (Lipinski definition) is 2. The van der Waals surface area contributed by atoms with Crippen LogP contribution in [0.1, 0.15) is 49.5 Å². The average molecular weight is 507 g/mol. The van der Waals surface area contributed by atoms with Gasteiger partial charge < -0.3 is 19.9 Å². The summed E-state index contributed by atoms with van der Waals surface area (Å²) in [6, 6.07) is 7.79. The van der Waals surface area contributed by atoms with Crippen LogP contribution in [0.4, 0.5) is 0 Å². The highest BCUT2D eigenvalue weighted by Crippen LogP contribution is 2.25. The fraction of sp³-hybridized carbons (Fsp3) is 0.600. The van der Waals surface area contributed by atoms with Gasteiger partial charge in [0.25, 0.3) is 11.7 Å². The molecule has 9 nitrogen and oxygen atoms in total. The van der Waals surface area contributed by atoms with E-state index < -0.39 is 27.8 Å². The number of ketones is 1. The number of aliphatic hydroxyl groups is 1. The number of nitrogens with zero attached hydrogens (tertiary/aromatic N) is 3. The van der Waals surface area contributed by atoms with Crippen LogP contribution in [-0.2, 0) is 14.8 Å². The van der Waals surface area contributed by atoms with Gasteiger partial charge in [-0.15, -0.1) is 0 Å². The predicted molar refractivity (Wildman–Crippen MR) is 137 cm³/mol. The molecule has 1 amide bonds. The zero-order chi connectivity index (χ0) is 25.8. The minimum atomic E-state index is -3.30. The smallest absolute Gasteiger partial charge is 0.292 e. The largest absolute Gasteiger partial charge is 0.392 e. The number of likely N-dealkylation sites (tertiary alicyclic amines) is 1. The molecule has 2 N–H and O–H groups in total. The van der Waals surface area contributed by atoms with Crippen molar-refractivity contribution in [3.8, 4) is 0 Å². The minimum absolute atomic E-state index is 0.106. The zero-order valence-electron chi connectivity index (χ0n) is 21.1. The fourth-order valence-electron chi connectivity index (χ4n) is 4.68. The molecule has 2 heterocycles. The molecule has 1 aromatic carbocycles. The van der Waals surface area contributed by atoms with Crippen LogP contribution in [0, 0.1) is 5.92 Å². The molecule has 1 unspecified atom stereocenters. The van der Waals surface area contributed by atoms with Gasteiger partial charge in [0.05, 0.1) is 17.9 Å². The summed E-state index contributed by atoms with van der Waals surface area (Å²) in [5.41, 5.74) is 1.36. The Kier molecular flexibility index (Phi) is 9.09. The van der Waals surface area contributed by atoms with Crippen LogP contribution in [0.3, 0.4) is 0 Å². The van der Waals surface area contributed by atoms with Gasteiger partial charge in [-0.05, 0) is 58.2 Å². The molecular formula is C25H38N4O5S. The number of nitrogens with one attached hydrogen (secondary N) is 1. The van der Waals surface area contributed by atoms with Crippen LogP contribution in [-0.4, -0.2) is 91.1 Å². The first-order valence-corrected chi connectivity index (χ1v) is 14.1. The predicted octanol–water partition coefficient (Wildman–Crippen LogP) is 1.88. The van der Waals surface area contributed by atoms with Crippen molar-refractivity contribution < 1.29 is 23.1 Å². The number of rotatable bonds is 11. The van der Waals surface area contributed by atoms with Gasteiger partial charge in [0.15, 0.2) is 0 Å². The van der Waals surface area contributed by atoms with Gasteiger partial charge in [-0.3, -0.25) is 9.59 Å². The number of aromatic nitrogens is 1. The van der Waals surface area contributed by atoms with E-state index in [9.17, 15) is 23.1 Å². The molecule has 10 heteroatoms. The number of Topliss-reactive ketones (excluding diaryl/α,β-unsaturated/α-hetero) is 1. The van der Waals surface area contributed by atoms with Crippen LogP contribution in [0.2, 0.25) is 0 Å². The maximum atomic E-state index is 12.9. The van der Waals surface area contributed by atoms with Crippen molar-refractivity contribution in [3.63, 3.8) is 0 Å². The van der Waals surface area contributed by atoms with Gasteiger partial charge in [0, 0.05) is 49.8 Å². The number of sulfonamides is 1. The van der Waals surface area contributed by atoms with E-state index in [0.717, 1.165) is 43.1 Å². The first kappa shape index (κ1) is 27.3. The minimum Gasteiger partial charge on any atom is -0.392 e. The summed E-state index contributed by atoms with van der Waals surface area (Å²) in [6.07, 6.45) is 4.60. The van der Waals surface area contributed by atoms with Crippen LogP contribution in [0.5, 0.6) is 0 Å². The van der Waals surface area contributed by atoms with Gasteiger partial charge in [0.2, 0.25) is 10.0 Å². The fourth-order valence-corrected chi connectivity index (χ4v) is 5.12. The summed E-state index contributed by atoms with van der Waals surface area (Å²) >= 11 is 0. The number of aliphatic hydroxyl groups excluding tert-OH is 1. The molecule has 0 spiro atoms. The highest BCUT2D eigenvalue weighted by molar-refractivity contribution is 7.88. The first-order valence-electron chi connectivity index (χ1n) is 12.2. The second-order valence-corrected chi connectivity index (χ2v) is 12.0. The molecule has 1 saturated heterocycles. The maximum absolute atomic E-state index is 12.9. The van der Waals surface area contributed by atoms with Crippen LogP contribution < -0.4 is 5.32 Å². The molecular weight excluding hydrogens is 468 g/mol. The molecule has 1 aliphatic rings. The number of benzene rings is 1. The van der Waals surface area contributed by atoms with E-state index in [-0.39, 0.29) is 12.6 Å². The third kappa shape index (κ3) is 7.13. The molecule has 1 aliphatic heterocycles. The lowest BCUT2D eigenvalue weighted by Crippen LogP contribution is -2.42. The molecule has 0 radical (unpaired) electrons. The SMILES string of the molecule is CC(C)n1cc(C(=O)C(=O)NCCN2CCC(CC(O)CN(C)S(C)(=O)=O)CC2)c2ccccc21. The quantitative estimate of drug-likeness (QED) is 0.356. The van der Waals surface area contributed by atoms with E-state index in [4.69, 9.17) is 0 Å². The summed E-state index contributed by atoms with van der Waals surface area (Å²) < 4.78 is 26.2. The van der Waals surface area contributed by atoms with Gasteiger partial charge in [0.1, 0.15) is 0 Å². The molecule has 0 aliphatic carbocycles. The van der Waals surface area contributed by atoms with E-state index in [1.807, 2.05) is 42.7 Å². The number of fused-ring (bicyclic) bond motifs is 1. The van der Waals surface area contributed by atoms with Crippen molar-refractivity contribution in [2.45, 2.75) is 45.3 Å². The number of carbonyl (C=O) groups excluding carboxylic acids is 2.